The molecule has 4 unspecified atom stereocenters. The highest BCUT2D eigenvalue weighted by molar-refractivity contribution is 8.94. The first kappa shape index (κ1) is 70.9. The highest BCUT2D eigenvalue weighted by atomic mass is 33.2. The SMILES string of the molecule is CCCCCCCCCCc1ccccc1OC(CCCCCCCCC)c1ccccc1S[P+](=S)SCCC(=O)NCS[P+](=S)Sc1ccccc1C(CCCCCCCCC)Oc1ccccc1CCCCCCCCCC. The molecule has 0 aliphatic heterocycles. The van der Waals surface area contributed by atoms with Gasteiger partial charge in [0.25, 0.3) is 0 Å². The van der Waals surface area contributed by atoms with Crippen LogP contribution in [0.4, 0.5) is 0 Å². The number of nitrogens with one attached hydrogen (secondary N) is 1. The minimum absolute atomic E-state index is 0.0383. The van der Waals surface area contributed by atoms with E-state index in [0.29, 0.717) is 18.1 Å². The van der Waals surface area contributed by atoms with E-state index >= 15 is 0 Å². The van der Waals surface area contributed by atoms with E-state index in [2.05, 4.69) is 130 Å². The van der Waals surface area contributed by atoms with E-state index in [9.17, 15) is 4.79 Å². The van der Waals surface area contributed by atoms with Crippen LogP contribution in [0.25, 0.3) is 0 Å². The van der Waals surface area contributed by atoms with Crippen molar-refractivity contribution in [3.05, 3.63) is 119 Å². The molecule has 0 aliphatic rings. The third-order valence-corrected chi connectivity index (χ3v) is 28.3. The molecule has 0 aromatic heterocycles. The zero-order valence-corrected chi connectivity index (χ0v) is 56.8. The third kappa shape index (κ3) is 32.1. The summed E-state index contributed by atoms with van der Waals surface area (Å²) in [4.78, 5) is 15.7. The molecule has 0 heterocycles. The molecular weight excluding hydrogens is 1130 g/mol. The number of amides is 1. The third-order valence-electron chi connectivity index (χ3n) is 15.1. The minimum atomic E-state index is -0.917. The van der Waals surface area contributed by atoms with E-state index in [4.69, 9.17) is 33.1 Å². The van der Waals surface area contributed by atoms with Crippen LogP contribution in [0.3, 0.4) is 0 Å². The van der Waals surface area contributed by atoms with Crippen molar-refractivity contribution in [2.45, 2.75) is 274 Å². The summed E-state index contributed by atoms with van der Waals surface area (Å²) in [5.74, 6) is 3.31. The number of ether oxygens (including phenoxy) is 2. The number of hydrogen-bond acceptors (Lipinski definition) is 9. The van der Waals surface area contributed by atoms with Gasteiger partial charge in [-0.15, -0.1) is 0 Å². The second kappa shape index (κ2) is 47.6. The number of aryl methyl sites for hydroxylation is 2. The summed E-state index contributed by atoms with van der Waals surface area (Å²) in [6.45, 7) is 9.15. The van der Waals surface area contributed by atoms with Gasteiger partial charge >= 0.3 is 10.2 Å². The van der Waals surface area contributed by atoms with Crippen molar-refractivity contribution in [3.63, 3.8) is 0 Å². The van der Waals surface area contributed by atoms with Crippen LogP contribution in [0.5, 0.6) is 11.5 Å². The summed E-state index contributed by atoms with van der Waals surface area (Å²) in [6.07, 6.45) is 43.3. The quantitative estimate of drug-likeness (QED) is 0.0265. The standard InChI is InChI=1S/C68H104NO3P2S6/c1-5-9-13-17-21-25-27-31-43-58-45-35-39-49-62(58)71-64(51-33-29-23-19-15-11-7-3)60-47-37-41-53-66(60)79-73(75)77-56-55-68(70)69-57-78-74(76)80-67-54-42-38-48-61(67)65(52-34-30-24-20-16-12-8-4)72-63-50-40-36-46-59(63)44-32-28-26-22-18-14-10-6-2/h35-42,45-50,53-54,64-65H,5-34,43-44,51-52,55-57H2,1-4H3/q+1/p+1. The van der Waals surface area contributed by atoms with E-state index in [0.717, 1.165) is 50.0 Å². The Bertz CT molecular complexity index is 2100. The number of rotatable bonds is 51. The Kier molecular flexibility index (Phi) is 42.2. The molecule has 4 rings (SSSR count). The van der Waals surface area contributed by atoms with Gasteiger partial charge in [0.15, 0.2) is 23.6 Å². The maximum Gasteiger partial charge on any atom is 0.324 e. The average molecular weight is 1240 g/mol. The second-order valence-corrected chi connectivity index (χ2v) is 38.6. The largest absolute Gasteiger partial charge is 0.485 e. The lowest BCUT2D eigenvalue weighted by atomic mass is 10.0. The van der Waals surface area contributed by atoms with Crippen molar-refractivity contribution in [2.24, 2.45) is 0 Å². The van der Waals surface area contributed by atoms with Crippen molar-refractivity contribution < 1.29 is 14.3 Å². The molecule has 0 saturated heterocycles. The Morgan fingerprint density at radius 1 is 0.438 bits per heavy atom. The Balaban J connectivity index is 1.30. The molecular formula is C68H105NO3P2S6+2. The van der Waals surface area contributed by atoms with Crippen LogP contribution >= 0.6 is 55.7 Å². The Hall–Kier alpha value is -1.61. The number of para-hydroxylation sites is 2. The van der Waals surface area contributed by atoms with Gasteiger partial charge in [0.1, 0.15) is 75.1 Å². The summed E-state index contributed by atoms with van der Waals surface area (Å²) >= 11 is 19.3. The van der Waals surface area contributed by atoms with Crippen molar-refractivity contribution in [2.75, 3.05) is 11.6 Å². The highest BCUT2D eigenvalue weighted by Crippen LogP contribution is 2.57. The monoisotopic (exact) mass is 1240 g/mol. The van der Waals surface area contributed by atoms with Gasteiger partial charge < -0.3 is 14.8 Å². The van der Waals surface area contributed by atoms with Gasteiger partial charge in [-0.1, -0.05) is 267 Å². The Morgan fingerprint density at radius 2 is 0.775 bits per heavy atom. The molecule has 0 radical (unpaired) electrons. The Labute approximate surface area is 517 Å². The minimum Gasteiger partial charge on any atom is -0.485 e. The van der Waals surface area contributed by atoms with Crippen molar-refractivity contribution in [3.8, 4) is 11.5 Å². The molecule has 0 saturated carbocycles. The first-order valence-corrected chi connectivity index (χ1v) is 42.6. The summed E-state index contributed by atoms with van der Waals surface area (Å²) in [5.41, 5.74) is 5.12. The first-order valence-electron chi connectivity index (χ1n) is 31.9. The first-order chi connectivity index (χ1) is 39.4. The molecule has 80 heavy (non-hydrogen) atoms. The van der Waals surface area contributed by atoms with E-state index in [1.165, 1.54) is 212 Å². The molecule has 444 valence electrons. The maximum absolute atomic E-state index is 13.3. The molecule has 0 fully saturated rings. The van der Waals surface area contributed by atoms with E-state index in [1.807, 2.05) is 0 Å². The second-order valence-electron chi connectivity index (χ2n) is 21.9. The number of unbranched alkanes of at least 4 members (excludes halogenated alkanes) is 26. The Morgan fingerprint density at radius 3 is 1.19 bits per heavy atom. The fraction of sp³-hybridized carbons (Fsp3) is 0.632. The molecule has 4 aromatic rings. The number of hydrogen-bond donors (Lipinski definition) is 1. The van der Waals surface area contributed by atoms with E-state index in [-0.39, 0.29) is 18.1 Å². The summed E-state index contributed by atoms with van der Waals surface area (Å²) in [6, 6.07) is 35.0. The molecule has 4 atom stereocenters. The van der Waals surface area contributed by atoms with Gasteiger partial charge in [0, 0.05) is 23.3 Å². The summed E-state index contributed by atoms with van der Waals surface area (Å²) in [5, 5.41) is 1.38. The van der Waals surface area contributed by atoms with Crippen LogP contribution in [0, 0.1) is 0 Å². The molecule has 4 nitrogen and oxygen atoms in total. The lowest BCUT2D eigenvalue weighted by Crippen LogP contribution is -2.22. The van der Waals surface area contributed by atoms with Gasteiger partial charge in [-0.25, -0.2) is 0 Å². The van der Waals surface area contributed by atoms with Gasteiger partial charge in [0.2, 0.25) is 5.91 Å². The van der Waals surface area contributed by atoms with Crippen molar-refractivity contribution >= 4 is 85.2 Å². The highest BCUT2D eigenvalue weighted by Gasteiger charge is 2.27. The van der Waals surface area contributed by atoms with E-state index < -0.39 is 10.2 Å². The van der Waals surface area contributed by atoms with Crippen molar-refractivity contribution in [1.29, 1.82) is 0 Å². The fourth-order valence-electron chi connectivity index (χ4n) is 10.3. The fourth-order valence-corrected chi connectivity index (χ4v) is 22.0. The lowest BCUT2D eigenvalue weighted by Gasteiger charge is -2.23. The summed E-state index contributed by atoms with van der Waals surface area (Å²) in [7, 11) is 0. The molecule has 0 spiro atoms. The van der Waals surface area contributed by atoms with Crippen LogP contribution in [0.1, 0.15) is 274 Å². The summed E-state index contributed by atoms with van der Waals surface area (Å²) < 4.78 is 14.2. The smallest absolute Gasteiger partial charge is 0.324 e. The molecule has 0 bridgehead atoms. The zero-order chi connectivity index (χ0) is 56.9. The normalized spacial score (nSPS) is 12.6. The van der Waals surface area contributed by atoms with Gasteiger partial charge in [-0.2, -0.15) is 0 Å². The van der Waals surface area contributed by atoms with Gasteiger partial charge in [0.05, 0.1) is 9.79 Å². The lowest BCUT2D eigenvalue weighted by molar-refractivity contribution is -0.120. The topological polar surface area (TPSA) is 47.6 Å². The maximum atomic E-state index is 13.3. The number of carbonyl (C=O) groups is 1. The predicted molar refractivity (Wildman–Crippen MR) is 368 cm³/mol. The molecule has 0 aliphatic carbocycles. The van der Waals surface area contributed by atoms with Gasteiger partial charge in [-0.05, 0) is 86.8 Å². The van der Waals surface area contributed by atoms with Crippen LogP contribution in [-0.4, -0.2) is 17.5 Å². The van der Waals surface area contributed by atoms with E-state index in [1.54, 1.807) is 45.5 Å². The average Bonchev–Trinajstić information content (AvgIpc) is 3.47. The molecule has 1 N–H and O–H groups in total. The number of benzene rings is 4. The molecule has 1 amide bonds. The zero-order valence-electron chi connectivity index (χ0n) is 50.1. The van der Waals surface area contributed by atoms with Crippen LogP contribution in [-0.2, 0) is 41.2 Å². The predicted octanol–water partition coefficient (Wildman–Crippen LogP) is 24.9. The van der Waals surface area contributed by atoms with Gasteiger partial charge in [-0.3, -0.25) is 4.79 Å². The molecule has 12 heteroatoms. The number of carbonyl (C=O) groups excluding carboxylic acids is 1. The van der Waals surface area contributed by atoms with Crippen LogP contribution in [0.2, 0.25) is 0 Å². The van der Waals surface area contributed by atoms with Crippen molar-refractivity contribution in [1.82, 2.24) is 5.32 Å². The molecule has 4 aromatic carbocycles. The van der Waals surface area contributed by atoms with Crippen LogP contribution < -0.4 is 14.8 Å². The van der Waals surface area contributed by atoms with Crippen LogP contribution in [0.15, 0.2) is 107 Å².